The van der Waals surface area contributed by atoms with Crippen LogP contribution in [0.3, 0.4) is 0 Å². The third kappa shape index (κ3) is 8.24. The molecule has 0 aliphatic carbocycles. The topological polar surface area (TPSA) is 3.24 Å². The average molecular weight is 298 g/mol. The maximum absolute atomic E-state index is 2.83. The molecule has 0 saturated carbocycles. The highest BCUT2D eigenvalue weighted by Gasteiger charge is 2.36. The molecule has 0 aliphatic heterocycles. The van der Waals surface area contributed by atoms with E-state index < -0.39 is 0 Å². The Labute approximate surface area is 135 Å². The van der Waals surface area contributed by atoms with Crippen LogP contribution in [0.25, 0.3) is 0 Å². The second-order valence-electron chi connectivity index (χ2n) is 8.04. The monoisotopic (exact) mass is 297 g/mol. The third-order valence-electron chi connectivity index (χ3n) is 4.98. The maximum Gasteiger partial charge on any atom is 0.0158 e. The minimum absolute atomic E-state index is 0.333. The van der Waals surface area contributed by atoms with Crippen LogP contribution in [0.1, 0.15) is 113 Å². The number of rotatable bonds is 13. The first-order valence-corrected chi connectivity index (χ1v) is 9.59. The molecule has 128 valence electrons. The molecule has 0 radical (unpaired) electrons. The van der Waals surface area contributed by atoms with Gasteiger partial charge in [0, 0.05) is 11.1 Å². The summed E-state index contributed by atoms with van der Waals surface area (Å²) in [5, 5.41) is 0. The van der Waals surface area contributed by atoms with Gasteiger partial charge in [-0.1, -0.05) is 65.7 Å². The predicted molar refractivity (Wildman–Crippen MR) is 98.1 cm³/mol. The van der Waals surface area contributed by atoms with Crippen molar-refractivity contribution < 1.29 is 0 Å². The summed E-state index contributed by atoms with van der Waals surface area (Å²) in [5.41, 5.74) is 0.666. The average Bonchev–Trinajstić information content (AvgIpc) is 2.42. The van der Waals surface area contributed by atoms with E-state index in [1.54, 1.807) is 0 Å². The highest BCUT2D eigenvalue weighted by atomic mass is 15.2. The van der Waals surface area contributed by atoms with Crippen molar-refractivity contribution in [2.45, 2.75) is 124 Å². The van der Waals surface area contributed by atoms with Gasteiger partial charge in [-0.15, -0.1) is 0 Å². The van der Waals surface area contributed by atoms with E-state index in [1.165, 1.54) is 70.8 Å². The fourth-order valence-electron chi connectivity index (χ4n) is 3.61. The fraction of sp³-hybridized carbons (Fsp3) is 1.00. The van der Waals surface area contributed by atoms with Gasteiger partial charge in [-0.3, -0.25) is 4.90 Å². The van der Waals surface area contributed by atoms with E-state index in [2.05, 4.69) is 53.4 Å². The van der Waals surface area contributed by atoms with Crippen LogP contribution in [0.2, 0.25) is 0 Å². The van der Waals surface area contributed by atoms with Crippen molar-refractivity contribution in [2.24, 2.45) is 0 Å². The van der Waals surface area contributed by atoms with Crippen LogP contribution in [-0.2, 0) is 0 Å². The van der Waals surface area contributed by atoms with E-state index in [-0.39, 0.29) is 0 Å². The van der Waals surface area contributed by atoms with Crippen LogP contribution in [0, 0.1) is 0 Å². The molecule has 0 aromatic heterocycles. The highest BCUT2D eigenvalue weighted by molar-refractivity contribution is 4.92. The lowest BCUT2D eigenvalue weighted by atomic mass is 9.85. The summed E-state index contributed by atoms with van der Waals surface area (Å²) in [6, 6.07) is 0. The number of hydrogen-bond donors (Lipinski definition) is 0. The Morgan fingerprint density at radius 2 is 1.00 bits per heavy atom. The van der Waals surface area contributed by atoms with E-state index >= 15 is 0 Å². The first-order chi connectivity index (χ1) is 9.81. The predicted octanol–water partition coefficient (Wildman–Crippen LogP) is 6.81. The molecule has 0 aromatic rings. The molecule has 21 heavy (non-hydrogen) atoms. The van der Waals surface area contributed by atoms with Gasteiger partial charge in [0.15, 0.2) is 0 Å². The second kappa shape index (κ2) is 10.6. The van der Waals surface area contributed by atoms with Crippen molar-refractivity contribution in [2.75, 3.05) is 6.54 Å². The van der Waals surface area contributed by atoms with Crippen molar-refractivity contribution in [1.29, 1.82) is 0 Å². The van der Waals surface area contributed by atoms with Gasteiger partial charge in [-0.2, -0.15) is 0 Å². The van der Waals surface area contributed by atoms with Gasteiger partial charge in [0.1, 0.15) is 0 Å². The molecule has 0 saturated heterocycles. The molecule has 0 bridgehead atoms. The maximum atomic E-state index is 2.83. The lowest BCUT2D eigenvalue weighted by Crippen LogP contribution is -2.55. The highest BCUT2D eigenvalue weighted by Crippen LogP contribution is 2.33. The van der Waals surface area contributed by atoms with E-state index in [9.17, 15) is 0 Å². The summed E-state index contributed by atoms with van der Waals surface area (Å²) in [5.74, 6) is 0. The van der Waals surface area contributed by atoms with E-state index in [4.69, 9.17) is 0 Å². The Balaban J connectivity index is 4.80. The van der Waals surface area contributed by atoms with Crippen LogP contribution in [0.4, 0.5) is 0 Å². The van der Waals surface area contributed by atoms with E-state index in [0.717, 1.165) is 0 Å². The quantitative estimate of drug-likeness (QED) is 0.338. The molecule has 0 fully saturated rings. The Hall–Kier alpha value is -0.0400. The normalized spacial score (nSPS) is 13.1. The molecule has 0 atom stereocenters. The zero-order valence-corrected chi connectivity index (χ0v) is 16.2. The van der Waals surface area contributed by atoms with Crippen LogP contribution in [-0.4, -0.2) is 22.5 Å². The Morgan fingerprint density at radius 3 is 1.38 bits per heavy atom. The summed E-state index contributed by atoms with van der Waals surface area (Å²) in [4.78, 5) is 2.83. The largest absolute Gasteiger partial charge is 0.293 e. The molecule has 1 heteroatoms. The lowest BCUT2D eigenvalue weighted by molar-refractivity contribution is 0.00202. The van der Waals surface area contributed by atoms with Gasteiger partial charge >= 0.3 is 0 Å². The molecule has 0 unspecified atom stereocenters. The first kappa shape index (κ1) is 21.0. The second-order valence-corrected chi connectivity index (χ2v) is 8.04. The van der Waals surface area contributed by atoms with Crippen molar-refractivity contribution in [3.05, 3.63) is 0 Å². The fourth-order valence-corrected chi connectivity index (χ4v) is 3.61. The zero-order valence-electron chi connectivity index (χ0n) is 16.2. The van der Waals surface area contributed by atoms with Gasteiger partial charge in [0.2, 0.25) is 0 Å². The minimum atomic E-state index is 0.333. The number of unbranched alkanes of at least 4 members (excludes halogenated alkanes) is 5. The standard InChI is InChI=1S/C20H43N/c1-8-11-14-15-18-21(19(4,5)16-12-9-2)20(6,7)17-13-10-3/h8-18H2,1-7H3. The van der Waals surface area contributed by atoms with Gasteiger partial charge < -0.3 is 0 Å². The Morgan fingerprint density at radius 1 is 0.571 bits per heavy atom. The summed E-state index contributed by atoms with van der Waals surface area (Å²) >= 11 is 0. The molecule has 0 aromatic carbocycles. The molecule has 1 nitrogen and oxygen atoms in total. The van der Waals surface area contributed by atoms with E-state index in [0.29, 0.717) is 11.1 Å². The summed E-state index contributed by atoms with van der Waals surface area (Å²) in [7, 11) is 0. The van der Waals surface area contributed by atoms with Crippen molar-refractivity contribution >= 4 is 0 Å². The van der Waals surface area contributed by atoms with Crippen molar-refractivity contribution in [1.82, 2.24) is 4.90 Å². The van der Waals surface area contributed by atoms with Crippen LogP contribution < -0.4 is 0 Å². The Bertz CT molecular complexity index is 222. The molecule has 0 spiro atoms. The van der Waals surface area contributed by atoms with Crippen LogP contribution in [0.5, 0.6) is 0 Å². The molecular formula is C20H43N. The van der Waals surface area contributed by atoms with Gasteiger partial charge in [-0.05, 0) is 53.5 Å². The van der Waals surface area contributed by atoms with Gasteiger partial charge in [0.25, 0.3) is 0 Å². The SMILES string of the molecule is CCCCCCN(C(C)(C)CCCC)C(C)(C)CCCC. The van der Waals surface area contributed by atoms with Gasteiger partial charge in [-0.25, -0.2) is 0 Å². The first-order valence-electron chi connectivity index (χ1n) is 9.59. The summed E-state index contributed by atoms with van der Waals surface area (Å²) in [6.07, 6.45) is 13.4. The number of hydrogen-bond acceptors (Lipinski definition) is 1. The zero-order chi connectivity index (χ0) is 16.4. The smallest absolute Gasteiger partial charge is 0.0158 e. The minimum Gasteiger partial charge on any atom is -0.293 e. The molecule has 0 aliphatic rings. The summed E-state index contributed by atoms with van der Waals surface area (Å²) < 4.78 is 0. The molecular weight excluding hydrogens is 254 g/mol. The molecule has 0 rings (SSSR count). The van der Waals surface area contributed by atoms with Gasteiger partial charge in [0.05, 0.1) is 0 Å². The van der Waals surface area contributed by atoms with Crippen LogP contribution in [0.15, 0.2) is 0 Å². The molecule has 0 amide bonds. The third-order valence-corrected chi connectivity index (χ3v) is 4.98. The molecule has 0 N–H and O–H groups in total. The summed E-state index contributed by atoms with van der Waals surface area (Å²) in [6.45, 7) is 18.1. The van der Waals surface area contributed by atoms with Crippen molar-refractivity contribution in [3.8, 4) is 0 Å². The Kier molecular flexibility index (Phi) is 10.6. The lowest BCUT2D eigenvalue weighted by Gasteiger charge is -2.49. The van der Waals surface area contributed by atoms with E-state index in [1.807, 2.05) is 0 Å². The molecule has 0 heterocycles. The van der Waals surface area contributed by atoms with Crippen LogP contribution >= 0.6 is 0 Å². The van der Waals surface area contributed by atoms with Crippen molar-refractivity contribution in [3.63, 3.8) is 0 Å². The number of nitrogens with zero attached hydrogens (tertiary/aromatic N) is 1.